The molecule has 0 aliphatic carbocycles. The third-order valence-electron chi connectivity index (χ3n) is 6.75. The number of rotatable bonds is 4. The van der Waals surface area contributed by atoms with E-state index in [-0.39, 0.29) is 5.91 Å². The maximum absolute atomic E-state index is 13.0. The summed E-state index contributed by atoms with van der Waals surface area (Å²) in [6.45, 7) is 7.03. The number of hydrogen-bond donors (Lipinski definition) is 0. The zero-order valence-electron chi connectivity index (χ0n) is 17.8. The number of fused-ring (bicyclic) bond motifs is 1. The Morgan fingerprint density at radius 3 is 2.63 bits per heavy atom. The Morgan fingerprint density at radius 1 is 1.03 bits per heavy atom. The molecule has 2 aliphatic heterocycles. The lowest BCUT2D eigenvalue weighted by Gasteiger charge is -2.32. The molecular weight excluding hydrogens is 372 g/mol. The number of imidazole rings is 1. The van der Waals surface area contributed by atoms with Gasteiger partial charge >= 0.3 is 0 Å². The first-order valence-electron chi connectivity index (χ1n) is 11.2. The van der Waals surface area contributed by atoms with E-state index in [0.717, 1.165) is 37.1 Å². The van der Waals surface area contributed by atoms with Gasteiger partial charge in [-0.05, 0) is 68.6 Å². The molecule has 2 aliphatic rings. The molecule has 5 rings (SSSR count). The number of para-hydroxylation sites is 1. The Bertz CT molecular complexity index is 1030. The number of amides is 1. The minimum absolute atomic E-state index is 0.171. The van der Waals surface area contributed by atoms with Crippen molar-refractivity contribution in [3.05, 3.63) is 65.5 Å². The molecule has 0 N–H and O–H groups in total. The van der Waals surface area contributed by atoms with Crippen LogP contribution < -0.4 is 0 Å². The van der Waals surface area contributed by atoms with Crippen LogP contribution in [0.25, 0.3) is 11.0 Å². The Hall–Kier alpha value is -2.66. The van der Waals surface area contributed by atoms with Crippen molar-refractivity contribution in [3.63, 3.8) is 0 Å². The first-order valence-corrected chi connectivity index (χ1v) is 11.2. The minimum Gasteiger partial charge on any atom is -0.337 e. The maximum Gasteiger partial charge on any atom is 0.253 e. The van der Waals surface area contributed by atoms with Gasteiger partial charge in [0.25, 0.3) is 5.91 Å². The van der Waals surface area contributed by atoms with Gasteiger partial charge in [-0.15, -0.1) is 0 Å². The number of aromatic nitrogens is 2. The molecule has 2 aromatic carbocycles. The van der Waals surface area contributed by atoms with E-state index in [1.54, 1.807) is 0 Å². The predicted octanol–water partition coefficient (Wildman–Crippen LogP) is 4.09. The third-order valence-corrected chi connectivity index (χ3v) is 6.75. The number of carbonyl (C=O) groups excluding carboxylic acids is 1. The van der Waals surface area contributed by atoms with Gasteiger partial charge in [-0.2, -0.15) is 0 Å². The van der Waals surface area contributed by atoms with Crippen LogP contribution in [0.2, 0.25) is 0 Å². The van der Waals surface area contributed by atoms with Crippen LogP contribution in [-0.4, -0.2) is 57.5 Å². The average Bonchev–Trinajstić information content (AvgIpc) is 3.43. The van der Waals surface area contributed by atoms with E-state index in [2.05, 4.69) is 39.6 Å². The van der Waals surface area contributed by atoms with Crippen molar-refractivity contribution in [3.8, 4) is 0 Å². The lowest BCUT2D eigenvalue weighted by atomic mass is 10.1. The predicted molar refractivity (Wildman–Crippen MR) is 120 cm³/mol. The van der Waals surface area contributed by atoms with Crippen molar-refractivity contribution >= 4 is 16.9 Å². The van der Waals surface area contributed by atoms with Gasteiger partial charge in [0.05, 0.1) is 17.4 Å². The largest absolute Gasteiger partial charge is 0.337 e. The molecule has 0 radical (unpaired) electrons. The van der Waals surface area contributed by atoms with E-state index in [0.29, 0.717) is 6.04 Å². The molecule has 3 heterocycles. The Kier molecular flexibility index (Phi) is 5.30. The summed E-state index contributed by atoms with van der Waals surface area (Å²) >= 11 is 0. The summed E-state index contributed by atoms with van der Waals surface area (Å²) in [7, 11) is 0. The summed E-state index contributed by atoms with van der Waals surface area (Å²) in [5.74, 6) is 0.171. The van der Waals surface area contributed by atoms with Gasteiger partial charge in [0.1, 0.15) is 0 Å². The van der Waals surface area contributed by atoms with Crippen LogP contribution in [0.3, 0.4) is 0 Å². The van der Waals surface area contributed by atoms with Crippen molar-refractivity contribution in [2.45, 2.75) is 45.2 Å². The molecule has 3 aromatic rings. The van der Waals surface area contributed by atoms with Gasteiger partial charge in [0.15, 0.2) is 0 Å². The van der Waals surface area contributed by atoms with E-state index < -0.39 is 0 Å². The Labute approximate surface area is 178 Å². The Morgan fingerprint density at radius 2 is 1.83 bits per heavy atom. The van der Waals surface area contributed by atoms with E-state index >= 15 is 0 Å². The first kappa shape index (κ1) is 19.3. The van der Waals surface area contributed by atoms with Crippen LogP contribution in [0.5, 0.6) is 0 Å². The molecule has 156 valence electrons. The molecule has 2 fully saturated rings. The monoisotopic (exact) mass is 402 g/mol. The van der Waals surface area contributed by atoms with Gasteiger partial charge in [-0.1, -0.05) is 30.7 Å². The summed E-state index contributed by atoms with van der Waals surface area (Å²) < 4.78 is 2.19. The normalized spacial score (nSPS) is 20.2. The van der Waals surface area contributed by atoms with Gasteiger partial charge in [-0.25, -0.2) is 4.98 Å². The molecule has 30 heavy (non-hydrogen) atoms. The molecule has 1 atom stereocenters. The molecule has 1 aromatic heterocycles. The van der Waals surface area contributed by atoms with Crippen LogP contribution in [0, 0.1) is 6.92 Å². The second-order valence-electron chi connectivity index (χ2n) is 8.80. The van der Waals surface area contributed by atoms with Crippen molar-refractivity contribution in [1.29, 1.82) is 0 Å². The van der Waals surface area contributed by atoms with Gasteiger partial charge < -0.3 is 9.47 Å². The Balaban J connectivity index is 1.25. The first-order chi connectivity index (χ1) is 14.7. The van der Waals surface area contributed by atoms with Crippen LogP contribution in [-0.2, 0) is 6.54 Å². The van der Waals surface area contributed by atoms with Crippen LogP contribution in [0.15, 0.2) is 48.8 Å². The van der Waals surface area contributed by atoms with E-state index in [9.17, 15) is 4.79 Å². The molecule has 0 bridgehead atoms. The highest BCUT2D eigenvalue weighted by Crippen LogP contribution is 2.22. The maximum atomic E-state index is 13.0. The van der Waals surface area contributed by atoms with Crippen molar-refractivity contribution in [1.82, 2.24) is 19.4 Å². The van der Waals surface area contributed by atoms with E-state index in [1.165, 1.54) is 49.0 Å². The number of aryl methyl sites for hydroxylation is 1. The lowest BCUT2D eigenvalue weighted by Crippen LogP contribution is -2.41. The second kappa shape index (κ2) is 8.23. The van der Waals surface area contributed by atoms with Crippen LogP contribution in [0.4, 0.5) is 0 Å². The number of benzene rings is 2. The lowest BCUT2D eigenvalue weighted by molar-refractivity contribution is 0.0771. The standard InChI is InChI=1S/C25H30N4O/c1-19-6-5-7-23-24(19)29(18-26-23)16-20-8-10-21(11-9-20)25(30)28-15-12-22(17-28)27-13-3-2-4-14-27/h5-11,18,22H,2-4,12-17H2,1H3. The smallest absolute Gasteiger partial charge is 0.253 e. The third kappa shape index (κ3) is 3.74. The number of carbonyl (C=O) groups is 1. The molecule has 0 saturated carbocycles. The molecule has 5 heteroatoms. The number of nitrogens with zero attached hydrogens (tertiary/aromatic N) is 4. The fraction of sp³-hybridized carbons (Fsp3) is 0.440. The van der Waals surface area contributed by atoms with Crippen molar-refractivity contribution in [2.75, 3.05) is 26.2 Å². The fourth-order valence-corrected chi connectivity index (χ4v) is 5.07. The number of hydrogen-bond acceptors (Lipinski definition) is 3. The molecule has 2 saturated heterocycles. The number of piperidine rings is 1. The summed E-state index contributed by atoms with van der Waals surface area (Å²) in [4.78, 5) is 22.2. The van der Waals surface area contributed by atoms with Gasteiger partial charge in [0.2, 0.25) is 0 Å². The molecule has 1 amide bonds. The fourth-order valence-electron chi connectivity index (χ4n) is 5.07. The summed E-state index contributed by atoms with van der Waals surface area (Å²) in [6.07, 6.45) is 6.97. The highest BCUT2D eigenvalue weighted by molar-refractivity contribution is 5.94. The quantitative estimate of drug-likeness (QED) is 0.660. The molecule has 1 unspecified atom stereocenters. The van der Waals surface area contributed by atoms with E-state index in [1.807, 2.05) is 35.5 Å². The van der Waals surface area contributed by atoms with Crippen molar-refractivity contribution < 1.29 is 4.79 Å². The summed E-state index contributed by atoms with van der Waals surface area (Å²) in [5, 5.41) is 0. The molecular formula is C25H30N4O. The summed E-state index contributed by atoms with van der Waals surface area (Å²) in [5.41, 5.74) is 5.41. The topological polar surface area (TPSA) is 41.4 Å². The zero-order chi connectivity index (χ0) is 20.5. The van der Waals surface area contributed by atoms with Crippen LogP contribution >= 0.6 is 0 Å². The molecule has 5 nitrogen and oxygen atoms in total. The highest BCUT2D eigenvalue weighted by atomic mass is 16.2. The average molecular weight is 403 g/mol. The van der Waals surface area contributed by atoms with Crippen LogP contribution in [0.1, 0.15) is 47.2 Å². The molecule has 0 spiro atoms. The SMILES string of the molecule is Cc1cccc2ncn(Cc3ccc(C(=O)N4CCC(N5CCCCC5)C4)cc3)c12. The van der Waals surface area contributed by atoms with Gasteiger partial charge in [-0.3, -0.25) is 9.69 Å². The minimum atomic E-state index is 0.171. The van der Waals surface area contributed by atoms with Crippen molar-refractivity contribution in [2.24, 2.45) is 0 Å². The zero-order valence-corrected chi connectivity index (χ0v) is 17.8. The highest BCUT2D eigenvalue weighted by Gasteiger charge is 2.31. The number of likely N-dealkylation sites (tertiary alicyclic amines) is 2. The van der Waals surface area contributed by atoms with E-state index in [4.69, 9.17) is 0 Å². The van der Waals surface area contributed by atoms with Gasteiger partial charge in [0, 0.05) is 31.2 Å². The summed E-state index contributed by atoms with van der Waals surface area (Å²) in [6, 6.07) is 14.9. The second-order valence-corrected chi connectivity index (χ2v) is 8.80.